The Balaban J connectivity index is 1.88. The first-order valence-corrected chi connectivity index (χ1v) is 10.2. The first kappa shape index (κ1) is 21.8. The summed E-state index contributed by atoms with van der Waals surface area (Å²) in [4.78, 5) is 0. The van der Waals surface area contributed by atoms with Crippen molar-refractivity contribution >= 4 is 5.69 Å². The van der Waals surface area contributed by atoms with Crippen molar-refractivity contribution in [2.24, 2.45) is 5.41 Å². The summed E-state index contributed by atoms with van der Waals surface area (Å²) in [5.74, 6) is 0.287. The molecule has 2 rings (SSSR count). The number of hydrogen-bond acceptors (Lipinski definition) is 2. The molecule has 0 bridgehead atoms. The number of allylic oxidation sites excluding steroid dienone is 9. The molecule has 2 nitrogen and oxygen atoms in total. The minimum Gasteiger partial charge on any atom is -0.508 e. The maximum absolute atomic E-state index is 9.30. The van der Waals surface area contributed by atoms with Crippen molar-refractivity contribution in [2.75, 3.05) is 11.9 Å². The number of phenolic OH excluding ortho intramolecular Hbond substituents is 1. The van der Waals surface area contributed by atoms with Crippen molar-refractivity contribution in [2.45, 2.75) is 53.9 Å². The van der Waals surface area contributed by atoms with Crippen molar-refractivity contribution in [1.82, 2.24) is 0 Å². The maximum atomic E-state index is 9.30. The molecule has 2 N–H and O–H groups in total. The first-order valence-electron chi connectivity index (χ1n) is 10.2. The predicted molar refractivity (Wildman–Crippen MR) is 123 cm³/mol. The normalized spacial score (nSPS) is 18.3. The van der Waals surface area contributed by atoms with E-state index in [2.05, 4.69) is 76.4 Å². The van der Waals surface area contributed by atoms with Gasteiger partial charge in [0.05, 0.1) is 0 Å². The number of benzene rings is 1. The van der Waals surface area contributed by atoms with Gasteiger partial charge in [-0.25, -0.2) is 0 Å². The van der Waals surface area contributed by atoms with Crippen LogP contribution in [0.2, 0.25) is 0 Å². The smallest absolute Gasteiger partial charge is 0.115 e. The van der Waals surface area contributed by atoms with Gasteiger partial charge in [0.2, 0.25) is 0 Å². The minimum atomic E-state index is 0.287. The molecule has 2 heteroatoms. The van der Waals surface area contributed by atoms with Crippen molar-refractivity contribution < 1.29 is 5.11 Å². The summed E-state index contributed by atoms with van der Waals surface area (Å²) in [6.07, 6.45) is 16.9. The molecule has 1 aliphatic carbocycles. The Morgan fingerprint density at radius 3 is 2.50 bits per heavy atom. The minimum absolute atomic E-state index is 0.287. The number of aromatic hydroxyl groups is 1. The zero-order chi connectivity index (χ0) is 20.6. The number of hydrogen-bond donors (Lipinski definition) is 2. The summed E-state index contributed by atoms with van der Waals surface area (Å²) < 4.78 is 0. The second-order valence-electron chi connectivity index (χ2n) is 8.41. The van der Waals surface area contributed by atoms with E-state index in [0.717, 1.165) is 12.2 Å². The van der Waals surface area contributed by atoms with Gasteiger partial charge in [0.1, 0.15) is 5.75 Å². The molecule has 0 radical (unpaired) electrons. The Morgan fingerprint density at radius 2 is 1.82 bits per heavy atom. The molecule has 0 heterocycles. The van der Waals surface area contributed by atoms with Gasteiger partial charge in [0, 0.05) is 12.2 Å². The average Bonchev–Trinajstić information content (AvgIpc) is 2.62. The van der Waals surface area contributed by atoms with E-state index >= 15 is 0 Å². The van der Waals surface area contributed by atoms with Gasteiger partial charge in [-0.2, -0.15) is 0 Å². The molecular weight excluding hydrogens is 342 g/mol. The molecule has 1 aromatic carbocycles. The lowest BCUT2D eigenvalue weighted by molar-refractivity contribution is 0.377. The second-order valence-corrected chi connectivity index (χ2v) is 8.41. The number of phenols is 1. The van der Waals surface area contributed by atoms with Gasteiger partial charge in [-0.05, 0) is 75.3 Å². The molecule has 0 unspecified atom stereocenters. The molecule has 0 amide bonds. The van der Waals surface area contributed by atoms with Crippen LogP contribution in [-0.2, 0) is 0 Å². The van der Waals surface area contributed by atoms with Crippen LogP contribution in [0.4, 0.5) is 5.69 Å². The van der Waals surface area contributed by atoms with Crippen LogP contribution in [0.5, 0.6) is 5.75 Å². The highest BCUT2D eigenvalue weighted by Gasteiger charge is 2.26. The molecule has 0 fully saturated rings. The number of anilines is 1. The van der Waals surface area contributed by atoms with Crippen LogP contribution in [0.15, 0.2) is 83.0 Å². The van der Waals surface area contributed by atoms with Crippen LogP contribution in [0, 0.1) is 5.41 Å². The van der Waals surface area contributed by atoms with Gasteiger partial charge in [0.15, 0.2) is 0 Å². The van der Waals surface area contributed by atoms with E-state index in [1.165, 1.54) is 41.6 Å². The van der Waals surface area contributed by atoms with Gasteiger partial charge < -0.3 is 10.4 Å². The topological polar surface area (TPSA) is 32.3 Å². The fourth-order valence-corrected chi connectivity index (χ4v) is 3.61. The van der Waals surface area contributed by atoms with E-state index in [9.17, 15) is 5.11 Å². The second kappa shape index (κ2) is 10.2. The molecule has 150 valence electrons. The van der Waals surface area contributed by atoms with Crippen LogP contribution in [0.3, 0.4) is 0 Å². The van der Waals surface area contributed by atoms with E-state index < -0.39 is 0 Å². The summed E-state index contributed by atoms with van der Waals surface area (Å²) in [7, 11) is 0. The van der Waals surface area contributed by atoms with Gasteiger partial charge in [-0.1, -0.05) is 67.0 Å². The molecule has 0 saturated heterocycles. The van der Waals surface area contributed by atoms with E-state index in [4.69, 9.17) is 0 Å². The highest BCUT2D eigenvalue weighted by molar-refractivity contribution is 5.46. The van der Waals surface area contributed by atoms with Crippen molar-refractivity contribution in [3.63, 3.8) is 0 Å². The Morgan fingerprint density at radius 1 is 1.11 bits per heavy atom. The number of nitrogens with one attached hydrogen (secondary N) is 1. The standard InChI is InChI=1S/C26H35NO/c1-20(11-16-25-22(3)10-7-18-26(25,4)5)8-6-9-21(2)17-19-27-23-12-14-24(28)15-13-23/h6,8-9,11-17,27-28H,7,10,18-19H2,1-5H3. The lowest BCUT2D eigenvalue weighted by Crippen LogP contribution is -2.19. The third-order valence-corrected chi connectivity index (χ3v) is 5.37. The fraction of sp³-hybridized carbons (Fsp3) is 0.385. The molecule has 0 saturated carbocycles. The van der Waals surface area contributed by atoms with E-state index in [0.29, 0.717) is 5.41 Å². The Hall–Kier alpha value is -2.48. The molecule has 28 heavy (non-hydrogen) atoms. The Bertz CT molecular complexity index is 801. The van der Waals surface area contributed by atoms with Crippen molar-refractivity contribution in [1.29, 1.82) is 0 Å². The number of rotatable bonds is 7. The van der Waals surface area contributed by atoms with Crippen LogP contribution in [-0.4, -0.2) is 11.7 Å². The maximum Gasteiger partial charge on any atom is 0.115 e. The van der Waals surface area contributed by atoms with Crippen LogP contribution in [0.25, 0.3) is 0 Å². The molecule has 0 aliphatic heterocycles. The van der Waals surface area contributed by atoms with Crippen molar-refractivity contribution in [3.8, 4) is 5.75 Å². The first-order chi connectivity index (χ1) is 13.3. The van der Waals surface area contributed by atoms with Crippen LogP contribution < -0.4 is 5.32 Å². The van der Waals surface area contributed by atoms with E-state index in [1.807, 2.05) is 12.1 Å². The summed E-state index contributed by atoms with van der Waals surface area (Å²) in [5, 5.41) is 12.6. The molecule has 0 aromatic heterocycles. The predicted octanol–water partition coefficient (Wildman–Crippen LogP) is 7.34. The summed E-state index contributed by atoms with van der Waals surface area (Å²) in [6.45, 7) is 12.0. The van der Waals surface area contributed by atoms with E-state index in [1.54, 1.807) is 12.1 Å². The lowest BCUT2D eigenvalue weighted by Gasteiger charge is -2.32. The third-order valence-electron chi connectivity index (χ3n) is 5.37. The molecule has 0 atom stereocenters. The van der Waals surface area contributed by atoms with Gasteiger partial charge in [-0.3, -0.25) is 0 Å². The van der Waals surface area contributed by atoms with E-state index in [-0.39, 0.29) is 5.75 Å². The fourth-order valence-electron chi connectivity index (χ4n) is 3.61. The van der Waals surface area contributed by atoms with Gasteiger partial charge in [0.25, 0.3) is 0 Å². The summed E-state index contributed by atoms with van der Waals surface area (Å²) >= 11 is 0. The highest BCUT2D eigenvalue weighted by atomic mass is 16.3. The highest BCUT2D eigenvalue weighted by Crippen LogP contribution is 2.40. The summed E-state index contributed by atoms with van der Waals surface area (Å²) in [5.41, 5.74) is 6.81. The van der Waals surface area contributed by atoms with Crippen molar-refractivity contribution in [3.05, 3.63) is 83.0 Å². The largest absolute Gasteiger partial charge is 0.508 e. The van der Waals surface area contributed by atoms with Crippen LogP contribution >= 0.6 is 0 Å². The molecule has 0 spiro atoms. The summed E-state index contributed by atoms with van der Waals surface area (Å²) in [6, 6.07) is 7.12. The quantitative estimate of drug-likeness (QED) is 0.385. The van der Waals surface area contributed by atoms with Crippen LogP contribution in [0.1, 0.15) is 53.9 Å². The SMILES string of the molecule is CC(C=CC1=C(C)CCCC1(C)C)=CC=CC(C)=CCNc1ccc(O)cc1. The van der Waals surface area contributed by atoms with Gasteiger partial charge in [-0.15, -0.1) is 0 Å². The molecule has 1 aromatic rings. The zero-order valence-corrected chi connectivity index (χ0v) is 18.0. The van der Waals surface area contributed by atoms with Gasteiger partial charge >= 0.3 is 0 Å². The average molecular weight is 378 g/mol. The zero-order valence-electron chi connectivity index (χ0n) is 18.0. The Labute approximate surface area is 171 Å². The third kappa shape index (κ3) is 6.92. The lowest BCUT2D eigenvalue weighted by atomic mass is 9.72. The monoisotopic (exact) mass is 377 g/mol. The molecule has 1 aliphatic rings. The molecular formula is C26H35NO. The Kier molecular flexibility index (Phi) is 7.92.